The molecule has 0 bridgehead atoms. The van der Waals surface area contributed by atoms with E-state index in [0.29, 0.717) is 5.82 Å². The van der Waals surface area contributed by atoms with Crippen molar-refractivity contribution in [3.05, 3.63) is 47.9 Å². The van der Waals surface area contributed by atoms with Gasteiger partial charge in [0.15, 0.2) is 5.82 Å². The van der Waals surface area contributed by atoms with Crippen molar-refractivity contribution in [1.29, 1.82) is 0 Å². The first-order valence-corrected chi connectivity index (χ1v) is 8.04. The van der Waals surface area contributed by atoms with Crippen molar-refractivity contribution in [2.24, 2.45) is 0 Å². The van der Waals surface area contributed by atoms with Gasteiger partial charge in [-0.15, -0.1) is 0 Å². The van der Waals surface area contributed by atoms with Gasteiger partial charge in [0.1, 0.15) is 5.76 Å². The predicted octanol–water partition coefficient (Wildman–Crippen LogP) is 2.88. The van der Waals surface area contributed by atoms with Crippen LogP contribution in [0.2, 0.25) is 0 Å². The molecular formula is C17H18N6O. The Morgan fingerprint density at radius 2 is 1.96 bits per heavy atom. The molecule has 3 aromatic heterocycles. The lowest BCUT2D eigenvalue weighted by molar-refractivity contribution is 0.393. The molecule has 1 atom stereocenters. The average molecular weight is 322 g/mol. The molecule has 1 aliphatic heterocycles. The quantitative estimate of drug-likeness (QED) is 0.733. The molecule has 0 radical (unpaired) electrons. The van der Waals surface area contributed by atoms with Gasteiger partial charge in [-0.3, -0.25) is 0 Å². The highest BCUT2D eigenvalue weighted by Crippen LogP contribution is 2.34. The van der Waals surface area contributed by atoms with Crippen LogP contribution in [0, 0.1) is 13.8 Å². The maximum absolute atomic E-state index is 5.25. The molecule has 0 aliphatic carbocycles. The van der Waals surface area contributed by atoms with Crippen LogP contribution in [0.25, 0.3) is 11.4 Å². The molecule has 0 amide bonds. The van der Waals surface area contributed by atoms with Crippen LogP contribution < -0.4 is 4.90 Å². The number of hydrogen-bond donors (Lipinski definition) is 0. The molecule has 0 N–H and O–H groups in total. The van der Waals surface area contributed by atoms with Gasteiger partial charge < -0.3 is 9.42 Å². The van der Waals surface area contributed by atoms with E-state index in [1.807, 2.05) is 26.0 Å². The van der Waals surface area contributed by atoms with Crippen molar-refractivity contribution in [3.8, 4) is 11.4 Å². The summed E-state index contributed by atoms with van der Waals surface area (Å²) >= 11 is 0. The fraction of sp³-hybridized carbons (Fsp3) is 0.353. The van der Waals surface area contributed by atoms with E-state index in [0.717, 1.165) is 48.0 Å². The molecule has 4 heterocycles. The van der Waals surface area contributed by atoms with E-state index in [2.05, 4.69) is 25.0 Å². The Morgan fingerprint density at radius 1 is 1.12 bits per heavy atom. The summed E-state index contributed by atoms with van der Waals surface area (Å²) in [5.41, 5.74) is 2.65. The van der Waals surface area contributed by atoms with Crippen LogP contribution in [0.3, 0.4) is 0 Å². The van der Waals surface area contributed by atoms with E-state index in [-0.39, 0.29) is 6.04 Å². The maximum atomic E-state index is 5.25. The normalized spacial score (nSPS) is 17.4. The van der Waals surface area contributed by atoms with Gasteiger partial charge in [0.25, 0.3) is 0 Å². The summed E-state index contributed by atoms with van der Waals surface area (Å²) in [5.74, 6) is 2.14. The summed E-state index contributed by atoms with van der Waals surface area (Å²) in [6.45, 7) is 4.71. The Balaban J connectivity index is 1.71. The smallest absolute Gasteiger partial charge is 0.225 e. The molecule has 1 fully saturated rings. The SMILES string of the molecule is Cc1noc(C)c1-c1nccc([C@@H]2CCCN2c2ncccn2)n1. The summed E-state index contributed by atoms with van der Waals surface area (Å²) in [4.78, 5) is 20.2. The molecule has 0 spiro atoms. The highest BCUT2D eigenvalue weighted by Gasteiger charge is 2.29. The summed E-state index contributed by atoms with van der Waals surface area (Å²) in [7, 11) is 0. The molecule has 7 heteroatoms. The van der Waals surface area contributed by atoms with E-state index in [4.69, 9.17) is 9.51 Å². The second kappa shape index (κ2) is 5.99. The Kier molecular flexibility index (Phi) is 3.68. The van der Waals surface area contributed by atoms with Crippen molar-refractivity contribution in [2.45, 2.75) is 32.7 Å². The van der Waals surface area contributed by atoms with E-state index < -0.39 is 0 Å². The summed E-state index contributed by atoms with van der Waals surface area (Å²) < 4.78 is 5.25. The van der Waals surface area contributed by atoms with Crippen molar-refractivity contribution < 1.29 is 4.52 Å². The average Bonchev–Trinajstić information content (AvgIpc) is 3.23. The van der Waals surface area contributed by atoms with Crippen LogP contribution in [0.5, 0.6) is 0 Å². The van der Waals surface area contributed by atoms with Crippen LogP contribution in [0.15, 0.2) is 35.2 Å². The number of aryl methyl sites for hydroxylation is 2. The first-order valence-electron chi connectivity index (χ1n) is 8.04. The Hall–Kier alpha value is -2.83. The summed E-state index contributed by atoms with van der Waals surface area (Å²) in [6.07, 6.45) is 7.45. The van der Waals surface area contributed by atoms with Crippen molar-refractivity contribution in [2.75, 3.05) is 11.4 Å². The lowest BCUT2D eigenvalue weighted by atomic mass is 10.1. The van der Waals surface area contributed by atoms with E-state index >= 15 is 0 Å². The number of aromatic nitrogens is 5. The third kappa shape index (κ3) is 2.51. The van der Waals surface area contributed by atoms with Crippen LogP contribution in [-0.4, -0.2) is 31.6 Å². The van der Waals surface area contributed by atoms with Crippen LogP contribution in [0.1, 0.15) is 36.0 Å². The third-order valence-electron chi connectivity index (χ3n) is 4.34. The molecule has 24 heavy (non-hydrogen) atoms. The molecule has 3 aromatic rings. The molecule has 122 valence electrons. The van der Waals surface area contributed by atoms with Crippen LogP contribution in [0.4, 0.5) is 5.95 Å². The zero-order valence-corrected chi connectivity index (χ0v) is 13.7. The Bertz CT molecular complexity index is 828. The minimum absolute atomic E-state index is 0.162. The lowest BCUT2D eigenvalue weighted by Gasteiger charge is -2.24. The van der Waals surface area contributed by atoms with Crippen molar-refractivity contribution >= 4 is 5.95 Å². The Morgan fingerprint density at radius 3 is 2.71 bits per heavy atom. The van der Waals surface area contributed by atoms with E-state index in [1.54, 1.807) is 18.6 Å². The topological polar surface area (TPSA) is 80.8 Å². The number of anilines is 1. The molecule has 4 rings (SSSR count). The van der Waals surface area contributed by atoms with Crippen LogP contribution >= 0.6 is 0 Å². The molecule has 0 unspecified atom stereocenters. The van der Waals surface area contributed by atoms with E-state index in [1.165, 1.54) is 0 Å². The maximum Gasteiger partial charge on any atom is 0.225 e. The summed E-state index contributed by atoms with van der Waals surface area (Å²) in [6, 6.07) is 3.96. The predicted molar refractivity (Wildman–Crippen MR) is 88.4 cm³/mol. The molecule has 0 saturated carbocycles. The van der Waals surface area contributed by atoms with Gasteiger partial charge in [-0.25, -0.2) is 19.9 Å². The lowest BCUT2D eigenvalue weighted by Crippen LogP contribution is -2.25. The summed E-state index contributed by atoms with van der Waals surface area (Å²) in [5, 5.41) is 4.00. The minimum atomic E-state index is 0.162. The van der Waals surface area contributed by atoms with Gasteiger partial charge in [-0.2, -0.15) is 0 Å². The molecular weight excluding hydrogens is 304 g/mol. The number of rotatable bonds is 3. The largest absolute Gasteiger partial charge is 0.361 e. The first kappa shape index (κ1) is 14.7. The number of hydrogen-bond acceptors (Lipinski definition) is 7. The molecule has 7 nitrogen and oxygen atoms in total. The zero-order valence-electron chi connectivity index (χ0n) is 13.7. The monoisotopic (exact) mass is 322 g/mol. The van der Waals surface area contributed by atoms with Crippen molar-refractivity contribution in [3.63, 3.8) is 0 Å². The fourth-order valence-electron chi connectivity index (χ4n) is 3.23. The van der Waals surface area contributed by atoms with E-state index in [9.17, 15) is 0 Å². The van der Waals surface area contributed by atoms with Gasteiger partial charge in [0.05, 0.1) is 23.0 Å². The van der Waals surface area contributed by atoms with Gasteiger partial charge in [0, 0.05) is 25.1 Å². The molecule has 1 aliphatic rings. The minimum Gasteiger partial charge on any atom is -0.361 e. The van der Waals surface area contributed by atoms with Gasteiger partial charge >= 0.3 is 0 Å². The standard InChI is InChI=1S/C17H18N6O/c1-11-15(12(2)24-22-11)16-18-9-6-13(21-16)14-5-3-10-23(14)17-19-7-4-8-20-17/h4,6-9,14H,3,5,10H2,1-2H3/t14-/m0/s1. The van der Waals surface area contributed by atoms with Gasteiger partial charge in [-0.1, -0.05) is 5.16 Å². The number of nitrogens with zero attached hydrogens (tertiary/aromatic N) is 6. The highest BCUT2D eigenvalue weighted by molar-refractivity contribution is 5.60. The third-order valence-corrected chi connectivity index (χ3v) is 4.34. The van der Waals surface area contributed by atoms with Crippen molar-refractivity contribution in [1.82, 2.24) is 25.1 Å². The molecule has 0 aromatic carbocycles. The van der Waals surface area contributed by atoms with Gasteiger partial charge in [0.2, 0.25) is 5.95 Å². The molecule has 1 saturated heterocycles. The fourth-order valence-corrected chi connectivity index (χ4v) is 3.23. The van der Waals surface area contributed by atoms with Gasteiger partial charge in [-0.05, 0) is 38.8 Å². The highest BCUT2D eigenvalue weighted by atomic mass is 16.5. The Labute approximate surface area is 139 Å². The first-order chi connectivity index (χ1) is 11.7. The second-order valence-electron chi connectivity index (χ2n) is 5.90. The second-order valence-corrected chi connectivity index (χ2v) is 5.90. The van der Waals surface area contributed by atoms with Crippen LogP contribution in [-0.2, 0) is 0 Å². The zero-order chi connectivity index (χ0) is 16.5.